The Morgan fingerprint density at radius 2 is 1.72 bits per heavy atom. The lowest BCUT2D eigenvalue weighted by Gasteiger charge is -2.36. The van der Waals surface area contributed by atoms with Crippen LogP contribution in [-0.2, 0) is 0 Å². The molecule has 0 radical (unpaired) electrons. The van der Waals surface area contributed by atoms with Gasteiger partial charge in [-0.2, -0.15) is 0 Å². The predicted molar refractivity (Wildman–Crippen MR) is 115 cm³/mol. The van der Waals surface area contributed by atoms with Crippen LogP contribution in [0.25, 0.3) is 11.3 Å². The van der Waals surface area contributed by atoms with E-state index in [1.165, 1.54) is 0 Å². The van der Waals surface area contributed by atoms with Gasteiger partial charge in [0.15, 0.2) is 0 Å². The normalized spacial score (nSPS) is 16.4. The first-order valence-electron chi connectivity index (χ1n) is 10.3. The van der Waals surface area contributed by atoms with Crippen LogP contribution in [-0.4, -0.2) is 35.0 Å². The van der Waals surface area contributed by atoms with E-state index >= 15 is 0 Å². The van der Waals surface area contributed by atoms with Gasteiger partial charge in [-0.3, -0.25) is 9.78 Å². The largest absolute Gasteiger partial charge is 0.494 e. The summed E-state index contributed by atoms with van der Waals surface area (Å²) in [6, 6.07) is 23.7. The molecule has 29 heavy (non-hydrogen) atoms. The number of hydrogen-bond donors (Lipinski definition) is 0. The van der Waals surface area contributed by atoms with Crippen molar-refractivity contribution < 1.29 is 9.53 Å². The fraction of sp³-hybridized carbons (Fsp3) is 0.280. The second kappa shape index (κ2) is 9.37. The molecule has 1 saturated heterocycles. The molecule has 0 bridgehead atoms. The van der Waals surface area contributed by atoms with Gasteiger partial charge in [0.25, 0.3) is 5.91 Å². The van der Waals surface area contributed by atoms with E-state index in [1.54, 1.807) is 6.20 Å². The van der Waals surface area contributed by atoms with Gasteiger partial charge in [-0.05, 0) is 43.5 Å². The third-order valence-corrected chi connectivity index (χ3v) is 5.44. The molecule has 3 aromatic rings. The van der Waals surface area contributed by atoms with Crippen molar-refractivity contribution in [3.05, 3.63) is 84.6 Å². The first-order chi connectivity index (χ1) is 14.3. The fourth-order valence-electron chi connectivity index (χ4n) is 3.96. The maximum absolute atomic E-state index is 13.5. The molecule has 0 aliphatic carbocycles. The molecule has 1 atom stereocenters. The molecule has 1 aromatic heterocycles. The Balaban J connectivity index is 1.49. The Morgan fingerprint density at radius 1 is 0.966 bits per heavy atom. The average Bonchev–Trinajstić information content (AvgIpc) is 2.80. The van der Waals surface area contributed by atoms with E-state index in [0.29, 0.717) is 12.2 Å². The minimum absolute atomic E-state index is 0.0707. The number of para-hydroxylation sites is 1. The highest BCUT2D eigenvalue weighted by Crippen LogP contribution is 2.27. The quantitative estimate of drug-likeness (QED) is 0.584. The van der Waals surface area contributed by atoms with Crippen LogP contribution in [0.1, 0.15) is 36.0 Å². The van der Waals surface area contributed by atoms with Crippen molar-refractivity contribution >= 4 is 5.91 Å². The van der Waals surface area contributed by atoms with Gasteiger partial charge in [-0.15, -0.1) is 0 Å². The van der Waals surface area contributed by atoms with Crippen LogP contribution in [0, 0.1) is 0 Å². The van der Waals surface area contributed by atoms with E-state index in [1.807, 2.05) is 77.7 Å². The van der Waals surface area contributed by atoms with Crippen LogP contribution in [0.3, 0.4) is 0 Å². The fourth-order valence-corrected chi connectivity index (χ4v) is 3.96. The monoisotopic (exact) mass is 386 g/mol. The van der Waals surface area contributed by atoms with Crippen molar-refractivity contribution in [3.63, 3.8) is 0 Å². The van der Waals surface area contributed by atoms with Gasteiger partial charge in [0.1, 0.15) is 5.75 Å². The number of likely N-dealkylation sites (tertiary alicyclic amines) is 1. The second-order valence-corrected chi connectivity index (χ2v) is 7.36. The molecule has 0 N–H and O–H groups in total. The zero-order valence-electron chi connectivity index (χ0n) is 16.5. The van der Waals surface area contributed by atoms with E-state index < -0.39 is 0 Å². The Morgan fingerprint density at radius 3 is 2.52 bits per heavy atom. The molecule has 2 heterocycles. The van der Waals surface area contributed by atoms with E-state index in [9.17, 15) is 4.79 Å². The maximum atomic E-state index is 13.5. The number of rotatable bonds is 6. The smallest absolute Gasteiger partial charge is 0.256 e. The van der Waals surface area contributed by atoms with Gasteiger partial charge in [0.2, 0.25) is 0 Å². The van der Waals surface area contributed by atoms with Crippen molar-refractivity contribution in [1.29, 1.82) is 0 Å². The van der Waals surface area contributed by atoms with Gasteiger partial charge in [-0.25, -0.2) is 0 Å². The molecule has 1 aliphatic rings. The number of ether oxygens (including phenoxy) is 1. The number of amides is 1. The molecular weight excluding hydrogens is 360 g/mol. The van der Waals surface area contributed by atoms with E-state index in [2.05, 4.69) is 4.98 Å². The summed E-state index contributed by atoms with van der Waals surface area (Å²) in [5.41, 5.74) is 2.40. The highest BCUT2D eigenvalue weighted by Gasteiger charge is 2.29. The Bertz CT molecular complexity index is 928. The first kappa shape index (κ1) is 19.2. The van der Waals surface area contributed by atoms with Crippen LogP contribution < -0.4 is 4.74 Å². The number of carbonyl (C=O) groups is 1. The number of nitrogens with zero attached hydrogens (tertiary/aromatic N) is 2. The van der Waals surface area contributed by atoms with Crippen LogP contribution in [0.4, 0.5) is 0 Å². The van der Waals surface area contributed by atoms with Gasteiger partial charge in [0.05, 0.1) is 17.9 Å². The molecule has 1 unspecified atom stereocenters. The highest BCUT2D eigenvalue weighted by atomic mass is 16.5. The van der Waals surface area contributed by atoms with E-state index in [0.717, 1.165) is 49.2 Å². The summed E-state index contributed by atoms with van der Waals surface area (Å²) in [6.45, 7) is 1.40. The molecule has 0 saturated carbocycles. The van der Waals surface area contributed by atoms with Crippen molar-refractivity contribution in [2.45, 2.75) is 31.7 Å². The molecule has 4 heteroatoms. The minimum atomic E-state index is 0.0707. The minimum Gasteiger partial charge on any atom is -0.494 e. The topological polar surface area (TPSA) is 42.4 Å². The summed E-state index contributed by atoms with van der Waals surface area (Å²) >= 11 is 0. The summed E-state index contributed by atoms with van der Waals surface area (Å²) in [5, 5.41) is 0. The Hall–Kier alpha value is -3.14. The number of hydrogen-bond acceptors (Lipinski definition) is 3. The van der Waals surface area contributed by atoms with Gasteiger partial charge < -0.3 is 9.64 Å². The molecule has 4 nitrogen and oxygen atoms in total. The molecule has 2 aromatic carbocycles. The second-order valence-electron chi connectivity index (χ2n) is 7.36. The van der Waals surface area contributed by atoms with Crippen LogP contribution in [0.2, 0.25) is 0 Å². The van der Waals surface area contributed by atoms with Gasteiger partial charge in [-0.1, -0.05) is 48.5 Å². The predicted octanol–water partition coefficient (Wildman–Crippen LogP) is 5.21. The van der Waals surface area contributed by atoms with Crippen LogP contribution >= 0.6 is 0 Å². The standard InChI is InChI=1S/C25H26N2O2/c28-25(23-15-9-17-26-24(23)20-10-3-1-4-11-20)27-18-8-7-12-21(27)16-19-29-22-13-5-2-6-14-22/h1-6,9-11,13-15,17,21H,7-8,12,16,18-19H2. The zero-order chi connectivity index (χ0) is 19.9. The number of piperidine rings is 1. The Kier molecular flexibility index (Phi) is 6.20. The molecule has 4 rings (SSSR count). The summed E-state index contributed by atoms with van der Waals surface area (Å²) in [7, 11) is 0. The SMILES string of the molecule is O=C(c1cccnc1-c1ccccc1)N1CCCCC1CCOc1ccccc1. The van der Waals surface area contributed by atoms with E-state index in [4.69, 9.17) is 4.74 Å². The van der Waals surface area contributed by atoms with Crippen molar-refractivity contribution in [2.75, 3.05) is 13.2 Å². The number of pyridine rings is 1. The van der Waals surface area contributed by atoms with Crippen LogP contribution in [0.5, 0.6) is 5.75 Å². The third-order valence-electron chi connectivity index (χ3n) is 5.44. The van der Waals surface area contributed by atoms with Gasteiger partial charge in [0, 0.05) is 30.8 Å². The summed E-state index contributed by atoms with van der Waals surface area (Å²) < 4.78 is 5.89. The summed E-state index contributed by atoms with van der Waals surface area (Å²) in [5.74, 6) is 0.946. The van der Waals surface area contributed by atoms with Gasteiger partial charge >= 0.3 is 0 Å². The first-order valence-corrected chi connectivity index (χ1v) is 10.3. The third kappa shape index (κ3) is 4.65. The number of carbonyl (C=O) groups excluding carboxylic acids is 1. The number of benzene rings is 2. The molecule has 0 spiro atoms. The van der Waals surface area contributed by atoms with Crippen LogP contribution in [0.15, 0.2) is 79.0 Å². The molecule has 1 amide bonds. The molecule has 1 aliphatic heterocycles. The maximum Gasteiger partial charge on any atom is 0.256 e. The zero-order valence-corrected chi connectivity index (χ0v) is 16.5. The van der Waals surface area contributed by atoms with Crippen molar-refractivity contribution in [2.24, 2.45) is 0 Å². The molecule has 148 valence electrons. The lowest BCUT2D eigenvalue weighted by molar-refractivity contribution is 0.0581. The summed E-state index contributed by atoms with van der Waals surface area (Å²) in [4.78, 5) is 20.0. The number of aromatic nitrogens is 1. The lowest BCUT2D eigenvalue weighted by atomic mass is 9.97. The average molecular weight is 386 g/mol. The van der Waals surface area contributed by atoms with Crippen molar-refractivity contribution in [1.82, 2.24) is 9.88 Å². The van der Waals surface area contributed by atoms with E-state index in [-0.39, 0.29) is 11.9 Å². The summed E-state index contributed by atoms with van der Waals surface area (Å²) in [6.07, 6.45) is 5.80. The Labute approximate surface area is 172 Å². The molecule has 1 fully saturated rings. The highest BCUT2D eigenvalue weighted by molar-refractivity contribution is 6.00. The van der Waals surface area contributed by atoms with Crippen molar-refractivity contribution in [3.8, 4) is 17.0 Å². The lowest BCUT2D eigenvalue weighted by Crippen LogP contribution is -2.44. The molecular formula is C25H26N2O2.